The third-order valence-electron chi connectivity index (χ3n) is 3.42. The smallest absolute Gasteiger partial charge is 0.232 e. The molecule has 2 aromatic carbocycles. The van der Waals surface area contributed by atoms with E-state index in [-0.39, 0.29) is 12.3 Å². The monoisotopic (exact) mass is 292 g/mol. The van der Waals surface area contributed by atoms with E-state index < -0.39 is 0 Å². The molecule has 3 aromatic rings. The van der Waals surface area contributed by atoms with E-state index in [1.165, 1.54) is 0 Å². The summed E-state index contributed by atoms with van der Waals surface area (Å²) in [5.41, 5.74) is 2.39. The molecule has 0 radical (unpaired) electrons. The highest BCUT2D eigenvalue weighted by molar-refractivity contribution is 5.93. The summed E-state index contributed by atoms with van der Waals surface area (Å²) in [4.78, 5) is 18.3. The number of benzene rings is 2. The van der Waals surface area contributed by atoms with Crippen molar-refractivity contribution < 1.29 is 9.21 Å². The lowest BCUT2D eigenvalue weighted by molar-refractivity contribution is -0.117. The maximum atomic E-state index is 12.3. The van der Waals surface area contributed by atoms with Gasteiger partial charge in [-0.05, 0) is 24.3 Å². The molecule has 0 spiro atoms. The highest BCUT2D eigenvalue weighted by Crippen LogP contribution is 2.19. The van der Waals surface area contributed by atoms with Gasteiger partial charge in [0.25, 0.3) is 0 Å². The number of aromatic nitrogens is 1. The number of anilines is 1. The van der Waals surface area contributed by atoms with Crippen LogP contribution < -0.4 is 4.90 Å². The third-order valence-corrected chi connectivity index (χ3v) is 3.42. The number of hydrogen-bond acceptors (Lipinski definition) is 3. The Morgan fingerprint density at radius 1 is 1.05 bits per heavy atom. The summed E-state index contributed by atoms with van der Waals surface area (Å²) in [6.07, 6.45) is 1.75. The van der Waals surface area contributed by atoms with Crippen molar-refractivity contribution in [2.24, 2.45) is 0 Å². The van der Waals surface area contributed by atoms with Crippen molar-refractivity contribution in [2.75, 3.05) is 11.9 Å². The van der Waals surface area contributed by atoms with Crippen molar-refractivity contribution in [2.45, 2.75) is 6.42 Å². The van der Waals surface area contributed by atoms with E-state index in [9.17, 15) is 4.79 Å². The molecule has 4 nitrogen and oxygen atoms in total. The van der Waals surface area contributed by atoms with Crippen LogP contribution in [0.2, 0.25) is 0 Å². The van der Waals surface area contributed by atoms with Gasteiger partial charge < -0.3 is 9.32 Å². The molecule has 1 heterocycles. The molecule has 1 aromatic heterocycles. The molecule has 0 aliphatic heterocycles. The van der Waals surface area contributed by atoms with Gasteiger partial charge in [-0.2, -0.15) is 0 Å². The van der Waals surface area contributed by atoms with Crippen molar-refractivity contribution in [3.63, 3.8) is 0 Å². The Labute approximate surface area is 129 Å². The molecule has 22 heavy (non-hydrogen) atoms. The minimum atomic E-state index is -0.0286. The van der Waals surface area contributed by atoms with E-state index in [1.807, 2.05) is 60.7 Å². The normalized spacial score (nSPS) is 10.4. The Bertz CT molecular complexity index is 751. The molecular weight excluding hydrogens is 276 g/mol. The van der Waals surface area contributed by atoms with E-state index in [4.69, 9.17) is 4.42 Å². The molecule has 1 amide bonds. The summed E-state index contributed by atoms with van der Waals surface area (Å²) in [5, 5.41) is 0. The van der Waals surface area contributed by atoms with Gasteiger partial charge in [0.15, 0.2) is 0 Å². The number of amides is 1. The average Bonchev–Trinajstić information content (AvgIpc) is 3.04. The largest absolute Gasteiger partial charge is 0.444 e. The minimum absolute atomic E-state index is 0.0286. The van der Waals surface area contributed by atoms with Crippen LogP contribution in [-0.4, -0.2) is 17.9 Å². The van der Waals surface area contributed by atoms with Crippen LogP contribution >= 0.6 is 0 Å². The van der Waals surface area contributed by atoms with Crippen molar-refractivity contribution in [3.05, 3.63) is 72.6 Å². The number of nitrogens with zero attached hydrogens (tertiary/aromatic N) is 2. The van der Waals surface area contributed by atoms with Gasteiger partial charge in [-0.3, -0.25) is 4.79 Å². The molecular formula is C18H16N2O2. The van der Waals surface area contributed by atoms with Crippen molar-refractivity contribution in [1.29, 1.82) is 0 Å². The van der Waals surface area contributed by atoms with Crippen LogP contribution in [0.5, 0.6) is 0 Å². The topological polar surface area (TPSA) is 46.3 Å². The van der Waals surface area contributed by atoms with Crippen molar-refractivity contribution >= 4 is 11.6 Å². The van der Waals surface area contributed by atoms with Gasteiger partial charge in [0, 0.05) is 18.3 Å². The van der Waals surface area contributed by atoms with Crippen molar-refractivity contribution in [3.8, 4) is 11.5 Å². The summed E-state index contributed by atoms with van der Waals surface area (Å²) in [5.74, 6) is 0.505. The number of para-hydroxylation sites is 1. The molecule has 0 saturated heterocycles. The van der Waals surface area contributed by atoms with Crippen LogP contribution in [0.25, 0.3) is 11.5 Å². The van der Waals surface area contributed by atoms with Crippen LogP contribution in [0.15, 0.2) is 71.3 Å². The van der Waals surface area contributed by atoms with Crippen LogP contribution in [-0.2, 0) is 11.2 Å². The molecule has 0 aliphatic carbocycles. The van der Waals surface area contributed by atoms with E-state index >= 15 is 0 Å². The predicted octanol–water partition coefficient (Wildman–Crippen LogP) is 3.55. The fourth-order valence-corrected chi connectivity index (χ4v) is 2.17. The van der Waals surface area contributed by atoms with E-state index in [0.717, 1.165) is 11.3 Å². The number of carbonyl (C=O) groups excluding carboxylic acids is 1. The zero-order chi connectivity index (χ0) is 15.4. The molecule has 110 valence electrons. The van der Waals surface area contributed by atoms with Gasteiger partial charge in [-0.1, -0.05) is 36.4 Å². The maximum absolute atomic E-state index is 12.3. The van der Waals surface area contributed by atoms with Gasteiger partial charge >= 0.3 is 0 Å². The molecule has 0 atom stereocenters. The van der Waals surface area contributed by atoms with Crippen LogP contribution in [0.3, 0.4) is 0 Å². The first-order chi connectivity index (χ1) is 10.7. The van der Waals surface area contributed by atoms with Crippen LogP contribution in [0.4, 0.5) is 5.69 Å². The standard InChI is InChI=1S/C18H16N2O2/c1-20(16-10-6-3-7-11-16)17(21)12-15-13-22-18(19-15)14-8-4-2-5-9-14/h2-11,13H,12H2,1H3. The molecule has 0 aliphatic rings. The average molecular weight is 292 g/mol. The van der Waals surface area contributed by atoms with Crippen LogP contribution in [0, 0.1) is 0 Å². The summed E-state index contributed by atoms with van der Waals surface area (Å²) >= 11 is 0. The lowest BCUT2D eigenvalue weighted by Gasteiger charge is -2.16. The molecule has 0 saturated carbocycles. The summed E-state index contributed by atoms with van der Waals surface area (Å²) in [6.45, 7) is 0. The maximum Gasteiger partial charge on any atom is 0.232 e. The van der Waals surface area contributed by atoms with Crippen molar-refractivity contribution in [1.82, 2.24) is 4.98 Å². The Hall–Kier alpha value is -2.88. The van der Waals surface area contributed by atoms with Gasteiger partial charge in [-0.15, -0.1) is 0 Å². The zero-order valence-corrected chi connectivity index (χ0v) is 12.3. The summed E-state index contributed by atoms with van der Waals surface area (Å²) in [6, 6.07) is 19.2. The van der Waals surface area contributed by atoms with E-state index in [2.05, 4.69) is 4.98 Å². The lowest BCUT2D eigenvalue weighted by Crippen LogP contribution is -2.27. The quantitative estimate of drug-likeness (QED) is 0.739. The highest BCUT2D eigenvalue weighted by Gasteiger charge is 2.14. The minimum Gasteiger partial charge on any atom is -0.444 e. The second-order valence-electron chi connectivity index (χ2n) is 4.98. The van der Waals surface area contributed by atoms with Gasteiger partial charge in [0.05, 0.1) is 12.1 Å². The van der Waals surface area contributed by atoms with Crippen LogP contribution in [0.1, 0.15) is 5.69 Å². The van der Waals surface area contributed by atoms with E-state index in [1.54, 1.807) is 18.2 Å². The van der Waals surface area contributed by atoms with Gasteiger partial charge in [0.1, 0.15) is 6.26 Å². The van der Waals surface area contributed by atoms with Gasteiger partial charge in [-0.25, -0.2) is 4.98 Å². The van der Waals surface area contributed by atoms with Gasteiger partial charge in [0.2, 0.25) is 11.8 Å². The third kappa shape index (κ3) is 3.06. The number of hydrogen-bond donors (Lipinski definition) is 0. The second kappa shape index (κ2) is 6.26. The summed E-state index contributed by atoms with van der Waals surface area (Å²) in [7, 11) is 1.76. The molecule has 0 unspecified atom stereocenters. The highest BCUT2D eigenvalue weighted by atomic mass is 16.3. The fourth-order valence-electron chi connectivity index (χ4n) is 2.17. The number of rotatable bonds is 4. The number of carbonyl (C=O) groups is 1. The number of likely N-dealkylation sites (N-methyl/N-ethyl adjacent to an activating group) is 1. The molecule has 4 heteroatoms. The van der Waals surface area contributed by atoms with E-state index in [0.29, 0.717) is 11.6 Å². The first kappa shape index (κ1) is 14.1. The second-order valence-corrected chi connectivity index (χ2v) is 4.98. The number of oxazole rings is 1. The first-order valence-corrected chi connectivity index (χ1v) is 7.05. The predicted molar refractivity (Wildman–Crippen MR) is 85.5 cm³/mol. The molecule has 3 rings (SSSR count). The Kier molecular flexibility index (Phi) is 4.01. The fraction of sp³-hybridized carbons (Fsp3) is 0.111. The zero-order valence-electron chi connectivity index (χ0n) is 12.3. The molecule has 0 fully saturated rings. The Morgan fingerprint density at radius 3 is 2.36 bits per heavy atom. The summed E-state index contributed by atoms with van der Waals surface area (Å²) < 4.78 is 5.46. The Morgan fingerprint density at radius 2 is 1.68 bits per heavy atom. The molecule has 0 N–H and O–H groups in total. The first-order valence-electron chi connectivity index (χ1n) is 7.05. The Balaban J connectivity index is 1.71. The lowest BCUT2D eigenvalue weighted by atomic mass is 10.2. The molecule has 0 bridgehead atoms. The SMILES string of the molecule is CN(C(=O)Cc1coc(-c2ccccc2)n1)c1ccccc1.